The number of nitrogens with zero attached hydrogens (tertiary/aromatic N) is 3. The first-order chi connectivity index (χ1) is 16.3. The Labute approximate surface area is 199 Å². The molecule has 34 heavy (non-hydrogen) atoms. The van der Waals surface area contributed by atoms with Crippen molar-refractivity contribution in [2.75, 3.05) is 6.54 Å². The molecule has 0 unspecified atom stereocenters. The zero-order chi connectivity index (χ0) is 24.2. The van der Waals surface area contributed by atoms with Crippen molar-refractivity contribution in [2.24, 2.45) is 0 Å². The molecule has 0 bridgehead atoms. The minimum atomic E-state index is -0.683. The highest BCUT2D eigenvalue weighted by Gasteiger charge is 2.45. The molecule has 176 valence electrons. The van der Waals surface area contributed by atoms with E-state index in [-0.39, 0.29) is 17.4 Å². The van der Waals surface area contributed by atoms with Gasteiger partial charge in [0.1, 0.15) is 11.5 Å². The molecule has 1 aromatic heterocycles. The molecule has 2 heterocycles. The van der Waals surface area contributed by atoms with E-state index in [0.717, 1.165) is 11.1 Å². The summed E-state index contributed by atoms with van der Waals surface area (Å²) in [4.78, 5) is 31.8. The van der Waals surface area contributed by atoms with Crippen molar-refractivity contribution in [3.63, 3.8) is 0 Å². The molecule has 0 radical (unpaired) electrons. The lowest BCUT2D eigenvalue weighted by molar-refractivity contribution is -0.139. The summed E-state index contributed by atoms with van der Waals surface area (Å²) in [6.45, 7) is 6.87. The second kappa shape index (κ2) is 9.95. The number of amides is 1. The van der Waals surface area contributed by atoms with Crippen LogP contribution >= 0.6 is 0 Å². The summed E-state index contributed by atoms with van der Waals surface area (Å²) in [7, 11) is 0. The number of ketones is 1. The summed E-state index contributed by atoms with van der Waals surface area (Å²) in [6.07, 6.45) is 5.95. The number of hydrogen-bond acceptors (Lipinski definition) is 5. The number of benzene rings is 2. The Bertz CT molecular complexity index is 1180. The first kappa shape index (κ1) is 23.3. The smallest absolute Gasteiger partial charge is 0.295 e. The van der Waals surface area contributed by atoms with Crippen LogP contribution in [0.4, 0.5) is 0 Å². The van der Waals surface area contributed by atoms with Crippen molar-refractivity contribution in [3.05, 3.63) is 89.5 Å². The van der Waals surface area contributed by atoms with E-state index in [1.165, 1.54) is 0 Å². The van der Waals surface area contributed by atoms with E-state index < -0.39 is 17.7 Å². The molecule has 3 aromatic rings. The minimum absolute atomic E-state index is 0.0289. The number of aryl methyl sites for hydroxylation is 2. The first-order valence-corrected chi connectivity index (χ1v) is 11.4. The van der Waals surface area contributed by atoms with Gasteiger partial charge in [-0.2, -0.15) is 0 Å². The van der Waals surface area contributed by atoms with E-state index in [1.807, 2.05) is 67.9 Å². The highest BCUT2D eigenvalue weighted by Crippen LogP contribution is 2.40. The largest absolute Gasteiger partial charge is 0.507 e. The number of aromatic nitrogens is 2. The number of carbonyl (C=O) groups is 2. The highest BCUT2D eigenvalue weighted by atomic mass is 16.5. The van der Waals surface area contributed by atoms with E-state index in [1.54, 1.807) is 29.6 Å². The molecule has 4 rings (SSSR count). The van der Waals surface area contributed by atoms with Gasteiger partial charge in [-0.15, -0.1) is 0 Å². The SMILES string of the molecule is Cc1ccc(C(O)=C2C(=O)C(=O)N(CCCn3ccnc3)[C@H]2c2ccc(OC(C)C)cc2)cc1. The Morgan fingerprint density at radius 1 is 1.06 bits per heavy atom. The van der Waals surface area contributed by atoms with Gasteiger partial charge in [-0.25, -0.2) is 4.98 Å². The van der Waals surface area contributed by atoms with Crippen LogP contribution < -0.4 is 4.74 Å². The third-order valence-corrected chi connectivity index (χ3v) is 5.81. The van der Waals surface area contributed by atoms with Crippen LogP contribution in [0.15, 0.2) is 72.8 Å². The maximum atomic E-state index is 13.1. The lowest BCUT2D eigenvalue weighted by atomic mass is 9.95. The second-order valence-corrected chi connectivity index (χ2v) is 8.75. The van der Waals surface area contributed by atoms with Gasteiger partial charge in [0, 0.05) is 31.0 Å². The number of rotatable bonds is 8. The van der Waals surface area contributed by atoms with Crippen LogP contribution in [0.3, 0.4) is 0 Å². The molecule has 1 fully saturated rings. The minimum Gasteiger partial charge on any atom is -0.507 e. The molecule has 1 aliphatic rings. The van der Waals surface area contributed by atoms with Crippen molar-refractivity contribution in [3.8, 4) is 5.75 Å². The molecule has 0 aliphatic carbocycles. The normalized spacial score (nSPS) is 17.5. The van der Waals surface area contributed by atoms with Crippen molar-refractivity contribution >= 4 is 17.4 Å². The van der Waals surface area contributed by atoms with Crippen LogP contribution in [0.1, 0.15) is 43.0 Å². The van der Waals surface area contributed by atoms with Gasteiger partial charge in [-0.05, 0) is 44.9 Å². The lowest BCUT2D eigenvalue weighted by Gasteiger charge is -2.25. The quantitative estimate of drug-likeness (QED) is 0.305. The van der Waals surface area contributed by atoms with Crippen molar-refractivity contribution in [2.45, 2.75) is 45.9 Å². The van der Waals surface area contributed by atoms with Gasteiger partial charge in [-0.1, -0.05) is 42.0 Å². The third kappa shape index (κ3) is 4.88. The fourth-order valence-corrected chi connectivity index (χ4v) is 4.17. The predicted molar refractivity (Wildman–Crippen MR) is 129 cm³/mol. The van der Waals surface area contributed by atoms with Gasteiger partial charge >= 0.3 is 0 Å². The monoisotopic (exact) mass is 459 g/mol. The zero-order valence-electron chi connectivity index (χ0n) is 19.6. The molecule has 0 spiro atoms. The molecule has 7 heteroatoms. The van der Waals surface area contributed by atoms with Crippen LogP contribution in [0, 0.1) is 6.92 Å². The van der Waals surface area contributed by atoms with Crippen LogP contribution in [-0.2, 0) is 16.1 Å². The molecule has 1 aliphatic heterocycles. The van der Waals surface area contributed by atoms with E-state index in [9.17, 15) is 14.7 Å². The summed E-state index contributed by atoms with van der Waals surface area (Å²) in [5.41, 5.74) is 2.39. The second-order valence-electron chi connectivity index (χ2n) is 8.75. The van der Waals surface area contributed by atoms with E-state index in [2.05, 4.69) is 4.98 Å². The van der Waals surface area contributed by atoms with Gasteiger partial charge in [-0.3, -0.25) is 9.59 Å². The van der Waals surface area contributed by atoms with Crippen LogP contribution in [0.2, 0.25) is 0 Å². The fraction of sp³-hybridized carbons (Fsp3) is 0.296. The van der Waals surface area contributed by atoms with E-state index in [4.69, 9.17) is 4.74 Å². The molecular weight excluding hydrogens is 430 g/mol. The summed E-state index contributed by atoms with van der Waals surface area (Å²) in [5.74, 6) is -0.739. The average Bonchev–Trinajstić information content (AvgIpc) is 3.42. The number of aliphatic hydroxyl groups excluding tert-OH is 1. The summed E-state index contributed by atoms with van der Waals surface area (Å²) in [6, 6.07) is 13.9. The number of carbonyl (C=O) groups excluding carboxylic acids is 2. The Morgan fingerprint density at radius 2 is 1.76 bits per heavy atom. The van der Waals surface area contributed by atoms with Gasteiger partial charge in [0.2, 0.25) is 0 Å². The molecule has 1 atom stereocenters. The molecule has 1 saturated heterocycles. The zero-order valence-corrected chi connectivity index (χ0v) is 19.6. The van der Waals surface area contributed by atoms with E-state index in [0.29, 0.717) is 30.8 Å². The Balaban J connectivity index is 1.71. The summed E-state index contributed by atoms with van der Waals surface area (Å²) >= 11 is 0. The third-order valence-electron chi connectivity index (χ3n) is 5.81. The molecule has 2 aromatic carbocycles. The molecule has 1 N–H and O–H groups in total. The Kier molecular flexibility index (Phi) is 6.82. The fourth-order valence-electron chi connectivity index (χ4n) is 4.17. The number of Topliss-reactive ketones (excluding diaryl/α,β-unsaturated/α-hetero) is 1. The number of ether oxygens (including phenoxy) is 1. The summed E-state index contributed by atoms with van der Waals surface area (Å²) in [5, 5.41) is 11.1. The molecule has 1 amide bonds. The maximum Gasteiger partial charge on any atom is 0.295 e. The van der Waals surface area contributed by atoms with Crippen molar-refractivity contribution < 1.29 is 19.4 Å². The predicted octanol–water partition coefficient (Wildman–Crippen LogP) is 4.49. The molecule has 0 saturated carbocycles. The number of hydrogen-bond donors (Lipinski definition) is 1. The summed E-state index contributed by atoms with van der Waals surface area (Å²) < 4.78 is 7.67. The van der Waals surface area contributed by atoms with Gasteiger partial charge in [0.05, 0.1) is 24.0 Å². The van der Waals surface area contributed by atoms with Gasteiger partial charge in [0.15, 0.2) is 0 Å². The van der Waals surface area contributed by atoms with Crippen molar-refractivity contribution in [1.82, 2.24) is 14.5 Å². The number of likely N-dealkylation sites (tertiary alicyclic amines) is 1. The Hall–Kier alpha value is -3.87. The van der Waals surface area contributed by atoms with Crippen LogP contribution in [0.25, 0.3) is 5.76 Å². The van der Waals surface area contributed by atoms with Crippen LogP contribution in [-0.4, -0.2) is 43.9 Å². The molecule has 7 nitrogen and oxygen atoms in total. The van der Waals surface area contributed by atoms with Crippen molar-refractivity contribution in [1.29, 1.82) is 0 Å². The average molecular weight is 460 g/mol. The standard InChI is InChI=1S/C27H29N3O4/c1-18(2)34-22-11-9-20(10-12-22)24-23(25(31)21-7-5-19(3)6-8-21)26(32)27(33)30(24)15-4-14-29-16-13-28-17-29/h5-13,16-18,24,31H,4,14-15H2,1-3H3/t24-/m0/s1. The Morgan fingerprint density at radius 3 is 2.38 bits per heavy atom. The first-order valence-electron chi connectivity index (χ1n) is 11.4. The number of imidazole rings is 1. The maximum absolute atomic E-state index is 13.1. The van der Waals surface area contributed by atoms with Gasteiger partial charge in [0.25, 0.3) is 11.7 Å². The molecular formula is C27H29N3O4. The topological polar surface area (TPSA) is 84.7 Å². The lowest BCUT2D eigenvalue weighted by Crippen LogP contribution is -2.31. The van der Waals surface area contributed by atoms with Crippen LogP contribution in [0.5, 0.6) is 5.75 Å². The highest BCUT2D eigenvalue weighted by molar-refractivity contribution is 6.46. The van der Waals surface area contributed by atoms with Gasteiger partial charge < -0.3 is 19.3 Å². The van der Waals surface area contributed by atoms with E-state index >= 15 is 0 Å². The number of aliphatic hydroxyl groups is 1.